The van der Waals surface area contributed by atoms with E-state index < -0.39 is 22.8 Å². The smallest absolute Gasteiger partial charge is 0.240 e. The SMILES string of the molecule is Cc1ccc(C)c(N=C2NC(=O)[C@H](CC(=O)Nc3ccc(F)cc3F)S2)c1. The van der Waals surface area contributed by atoms with E-state index in [0.717, 1.165) is 40.7 Å². The molecule has 0 aromatic heterocycles. The molecule has 1 aliphatic rings. The number of nitrogens with zero attached hydrogens (tertiary/aromatic N) is 1. The Bertz CT molecular complexity index is 947. The third-order valence-corrected chi connectivity index (χ3v) is 5.02. The molecule has 2 aromatic rings. The highest BCUT2D eigenvalue weighted by Gasteiger charge is 2.32. The summed E-state index contributed by atoms with van der Waals surface area (Å²) >= 11 is 1.15. The first-order valence-electron chi connectivity index (χ1n) is 8.20. The van der Waals surface area contributed by atoms with Crippen molar-refractivity contribution in [1.29, 1.82) is 0 Å². The van der Waals surface area contributed by atoms with Crippen molar-refractivity contribution in [1.82, 2.24) is 5.32 Å². The Morgan fingerprint density at radius 2 is 2.00 bits per heavy atom. The molecule has 27 heavy (non-hydrogen) atoms. The zero-order valence-corrected chi connectivity index (χ0v) is 15.5. The van der Waals surface area contributed by atoms with Gasteiger partial charge in [0.2, 0.25) is 11.8 Å². The van der Waals surface area contributed by atoms with Crippen molar-refractivity contribution >= 4 is 40.1 Å². The lowest BCUT2D eigenvalue weighted by Gasteiger charge is -2.08. The van der Waals surface area contributed by atoms with Gasteiger partial charge < -0.3 is 10.6 Å². The number of hydrogen-bond acceptors (Lipinski definition) is 4. The van der Waals surface area contributed by atoms with Gasteiger partial charge in [-0.3, -0.25) is 9.59 Å². The van der Waals surface area contributed by atoms with Crippen LogP contribution in [0.5, 0.6) is 0 Å². The van der Waals surface area contributed by atoms with E-state index in [-0.39, 0.29) is 18.0 Å². The number of amides is 2. The molecule has 3 rings (SSSR count). The normalized spacial score (nSPS) is 17.9. The van der Waals surface area contributed by atoms with Crippen LogP contribution in [0.25, 0.3) is 0 Å². The number of aryl methyl sites for hydroxylation is 2. The third kappa shape index (κ3) is 4.71. The Balaban J connectivity index is 1.66. The van der Waals surface area contributed by atoms with Crippen LogP contribution in [0, 0.1) is 25.5 Å². The summed E-state index contributed by atoms with van der Waals surface area (Å²) in [4.78, 5) is 28.7. The molecular weight excluding hydrogens is 372 g/mol. The van der Waals surface area contributed by atoms with Gasteiger partial charge >= 0.3 is 0 Å². The van der Waals surface area contributed by atoms with Gasteiger partial charge in [-0.2, -0.15) is 0 Å². The fraction of sp³-hybridized carbons (Fsp3) is 0.211. The number of thioether (sulfide) groups is 1. The van der Waals surface area contributed by atoms with Gasteiger partial charge in [0.25, 0.3) is 0 Å². The molecule has 140 valence electrons. The molecule has 2 aromatic carbocycles. The van der Waals surface area contributed by atoms with Crippen molar-refractivity contribution in [3.05, 3.63) is 59.2 Å². The average Bonchev–Trinajstić information content (AvgIpc) is 2.93. The van der Waals surface area contributed by atoms with Crippen LogP contribution in [0.1, 0.15) is 17.5 Å². The number of carbonyl (C=O) groups is 2. The molecule has 5 nitrogen and oxygen atoms in total. The molecule has 0 spiro atoms. The maximum absolute atomic E-state index is 13.6. The first-order valence-corrected chi connectivity index (χ1v) is 9.08. The minimum Gasteiger partial charge on any atom is -0.324 e. The highest BCUT2D eigenvalue weighted by Crippen LogP contribution is 2.27. The molecule has 1 fully saturated rings. The van der Waals surface area contributed by atoms with Gasteiger partial charge in [0, 0.05) is 12.5 Å². The summed E-state index contributed by atoms with van der Waals surface area (Å²) in [5.41, 5.74) is 2.63. The molecule has 0 bridgehead atoms. The Hall–Kier alpha value is -2.74. The Morgan fingerprint density at radius 3 is 2.74 bits per heavy atom. The van der Waals surface area contributed by atoms with Gasteiger partial charge in [0.15, 0.2) is 5.17 Å². The van der Waals surface area contributed by atoms with Crippen molar-refractivity contribution in [3.63, 3.8) is 0 Å². The molecule has 0 aliphatic carbocycles. The molecule has 0 saturated carbocycles. The van der Waals surface area contributed by atoms with Gasteiger partial charge in [0.05, 0.1) is 11.4 Å². The van der Waals surface area contributed by atoms with Crippen LogP contribution in [0.2, 0.25) is 0 Å². The Kier molecular flexibility index (Phi) is 5.55. The molecule has 8 heteroatoms. The van der Waals surface area contributed by atoms with Crippen molar-refractivity contribution in [2.45, 2.75) is 25.5 Å². The van der Waals surface area contributed by atoms with Crippen molar-refractivity contribution in [2.24, 2.45) is 4.99 Å². The highest BCUT2D eigenvalue weighted by molar-refractivity contribution is 8.15. The average molecular weight is 389 g/mol. The molecule has 0 unspecified atom stereocenters. The molecule has 2 N–H and O–H groups in total. The van der Waals surface area contributed by atoms with E-state index in [4.69, 9.17) is 0 Å². The van der Waals surface area contributed by atoms with Gasteiger partial charge in [-0.1, -0.05) is 23.9 Å². The van der Waals surface area contributed by atoms with Crippen LogP contribution in [-0.2, 0) is 9.59 Å². The molecule has 2 amide bonds. The standard InChI is InChI=1S/C19H17F2N3O2S/c1-10-3-4-11(2)15(7-10)23-19-24-18(26)16(27-19)9-17(25)22-14-6-5-12(20)8-13(14)21/h3-8,16H,9H2,1-2H3,(H,22,25)(H,23,24,26)/t16-/m0/s1. The predicted molar refractivity (Wildman–Crippen MR) is 102 cm³/mol. The number of hydrogen-bond donors (Lipinski definition) is 2. The van der Waals surface area contributed by atoms with E-state index in [0.29, 0.717) is 11.2 Å². The van der Waals surface area contributed by atoms with Gasteiger partial charge in [-0.15, -0.1) is 0 Å². The van der Waals surface area contributed by atoms with Gasteiger partial charge in [-0.05, 0) is 43.2 Å². The number of nitrogens with one attached hydrogen (secondary N) is 2. The van der Waals surface area contributed by atoms with Crippen molar-refractivity contribution < 1.29 is 18.4 Å². The first-order chi connectivity index (χ1) is 12.8. The second-order valence-corrected chi connectivity index (χ2v) is 7.37. The second kappa shape index (κ2) is 7.87. The number of rotatable bonds is 4. The fourth-order valence-electron chi connectivity index (χ4n) is 2.50. The summed E-state index contributed by atoms with van der Waals surface area (Å²) in [6, 6.07) is 8.69. The van der Waals surface area contributed by atoms with Crippen LogP contribution in [0.15, 0.2) is 41.4 Å². The topological polar surface area (TPSA) is 70.6 Å². The molecule has 1 heterocycles. The molecule has 0 radical (unpaired) electrons. The van der Waals surface area contributed by atoms with E-state index in [9.17, 15) is 18.4 Å². The van der Waals surface area contributed by atoms with Crippen LogP contribution in [0.3, 0.4) is 0 Å². The number of amidine groups is 1. The number of anilines is 1. The molecule has 1 aliphatic heterocycles. The monoisotopic (exact) mass is 389 g/mol. The molecule has 1 atom stereocenters. The summed E-state index contributed by atoms with van der Waals surface area (Å²) < 4.78 is 26.5. The van der Waals surface area contributed by atoms with E-state index in [1.807, 2.05) is 32.0 Å². The number of aliphatic imine (C=N–C) groups is 1. The predicted octanol–water partition coefficient (Wildman–Crippen LogP) is 3.83. The molecular formula is C19H17F2N3O2S. The first kappa shape index (κ1) is 19.0. The maximum atomic E-state index is 13.6. The number of halogens is 2. The Labute approximate surface area is 159 Å². The Morgan fingerprint density at radius 1 is 1.22 bits per heavy atom. The lowest BCUT2D eigenvalue weighted by Crippen LogP contribution is -2.28. The number of benzene rings is 2. The minimum atomic E-state index is -0.871. The zero-order valence-electron chi connectivity index (χ0n) is 14.7. The van der Waals surface area contributed by atoms with Crippen LogP contribution < -0.4 is 10.6 Å². The quantitative estimate of drug-likeness (QED) is 0.835. The lowest BCUT2D eigenvalue weighted by atomic mass is 10.1. The van der Waals surface area contributed by atoms with Crippen LogP contribution in [0.4, 0.5) is 20.2 Å². The summed E-state index contributed by atoms with van der Waals surface area (Å²) in [6.07, 6.45) is -0.154. The van der Waals surface area contributed by atoms with E-state index in [2.05, 4.69) is 15.6 Å². The second-order valence-electron chi connectivity index (χ2n) is 6.18. The highest BCUT2D eigenvalue weighted by atomic mass is 32.2. The summed E-state index contributed by atoms with van der Waals surface area (Å²) in [7, 11) is 0. The van der Waals surface area contributed by atoms with E-state index in [1.54, 1.807) is 0 Å². The van der Waals surface area contributed by atoms with Gasteiger partial charge in [0.1, 0.15) is 16.9 Å². The third-order valence-electron chi connectivity index (χ3n) is 3.94. The largest absolute Gasteiger partial charge is 0.324 e. The summed E-state index contributed by atoms with van der Waals surface area (Å²) in [5.74, 6) is -2.48. The minimum absolute atomic E-state index is 0.130. The fourth-order valence-corrected chi connectivity index (χ4v) is 3.48. The van der Waals surface area contributed by atoms with Crippen LogP contribution >= 0.6 is 11.8 Å². The van der Waals surface area contributed by atoms with E-state index >= 15 is 0 Å². The lowest BCUT2D eigenvalue weighted by molar-refractivity contribution is -0.122. The van der Waals surface area contributed by atoms with Crippen molar-refractivity contribution in [3.8, 4) is 0 Å². The molecule has 1 saturated heterocycles. The number of carbonyl (C=O) groups excluding carboxylic acids is 2. The van der Waals surface area contributed by atoms with Crippen molar-refractivity contribution in [2.75, 3.05) is 5.32 Å². The van der Waals surface area contributed by atoms with E-state index in [1.165, 1.54) is 0 Å². The maximum Gasteiger partial charge on any atom is 0.240 e. The van der Waals surface area contributed by atoms with Crippen LogP contribution in [-0.4, -0.2) is 22.2 Å². The van der Waals surface area contributed by atoms with Gasteiger partial charge in [-0.25, -0.2) is 13.8 Å². The zero-order chi connectivity index (χ0) is 19.6. The summed E-state index contributed by atoms with van der Waals surface area (Å²) in [5, 5.41) is 4.76. The summed E-state index contributed by atoms with van der Waals surface area (Å²) in [6.45, 7) is 3.87.